The molecule has 0 bridgehead atoms. The van der Waals surface area contributed by atoms with Gasteiger partial charge >= 0.3 is 12.1 Å². The minimum atomic E-state index is -5.08. The number of carboxylic acids is 1. The van der Waals surface area contributed by atoms with Gasteiger partial charge in [-0.05, 0) is 31.9 Å². The molecule has 0 aromatic carbocycles. The molecule has 1 aromatic rings. The van der Waals surface area contributed by atoms with Crippen molar-refractivity contribution in [1.29, 1.82) is 0 Å². The molecule has 28 heavy (non-hydrogen) atoms. The van der Waals surface area contributed by atoms with Gasteiger partial charge in [0.15, 0.2) is 0 Å². The number of nitrogens with zero attached hydrogens (tertiary/aromatic N) is 2. The number of carbonyl (C=O) groups is 2. The van der Waals surface area contributed by atoms with Crippen molar-refractivity contribution in [3.05, 3.63) is 21.9 Å². The molecule has 2 fully saturated rings. The summed E-state index contributed by atoms with van der Waals surface area (Å²) < 4.78 is 37.9. The molecule has 1 unspecified atom stereocenters. The number of morpholine rings is 1. The van der Waals surface area contributed by atoms with Gasteiger partial charge < -0.3 is 14.7 Å². The van der Waals surface area contributed by atoms with E-state index in [1.54, 1.807) is 6.92 Å². The van der Waals surface area contributed by atoms with Crippen molar-refractivity contribution in [3.8, 4) is 0 Å². The van der Waals surface area contributed by atoms with Crippen molar-refractivity contribution in [3.63, 3.8) is 0 Å². The van der Waals surface area contributed by atoms with Crippen LogP contribution in [0.3, 0.4) is 0 Å². The van der Waals surface area contributed by atoms with Gasteiger partial charge in [0.2, 0.25) is 5.91 Å². The number of rotatable bonds is 2. The van der Waals surface area contributed by atoms with Gasteiger partial charge in [0.05, 0.1) is 18.8 Å². The maximum absolute atomic E-state index is 11.7. The SMILES string of the molecule is CC(=O)N1CCCC2(CN(Cc3ccc(C)s3)CCO2)C1.O=C(O)C(F)(F)F. The van der Waals surface area contributed by atoms with Crippen LogP contribution >= 0.6 is 11.3 Å². The van der Waals surface area contributed by atoms with Gasteiger partial charge in [-0.2, -0.15) is 13.2 Å². The van der Waals surface area contributed by atoms with Crippen LogP contribution in [0.15, 0.2) is 12.1 Å². The van der Waals surface area contributed by atoms with E-state index in [2.05, 4.69) is 24.0 Å². The Kier molecular flexibility index (Phi) is 7.46. The van der Waals surface area contributed by atoms with Crippen molar-refractivity contribution in [2.45, 2.75) is 45.0 Å². The summed E-state index contributed by atoms with van der Waals surface area (Å²) in [6, 6.07) is 4.42. The van der Waals surface area contributed by atoms with Crippen LogP contribution in [0, 0.1) is 6.92 Å². The first-order valence-electron chi connectivity index (χ1n) is 8.98. The smallest absolute Gasteiger partial charge is 0.475 e. The Balaban J connectivity index is 0.000000345. The molecular weight excluding hydrogens is 397 g/mol. The fourth-order valence-electron chi connectivity index (χ4n) is 3.46. The van der Waals surface area contributed by atoms with E-state index in [0.29, 0.717) is 0 Å². The first kappa shape index (κ1) is 22.6. The minimum Gasteiger partial charge on any atom is -0.475 e. The van der Waals surface area contributed by atoms with Gasteiger partial charge in [0, 0.05) is 42.9 Å². The molecule has 1 N–H and O–H groups in total. The van der Waals surface area contributed by atoms with E-state index in [1.165, 1.54) is 9.75 Å². The summed E-state index contributed by atoms with van der Waals surface area (Å²) >= 11 is 1.87. The Morgan fingerprint density at radius 3 is 2.50 bits per heavy atom. The Labute approximate surface area is 165 Å². The Hall–Kier alpha value is -1.65. The number of likely N-dealkylation sites (tertiary alicyclic amines) is 1. The highest BCUT2D eigenvalue weighted by Gasteiger charge is 2.41. The summed E-state index contributed by atoms with van der Waals surface area (Å²) in [6.45, 7) is 9.15. The van der Waals surface area contributed by atoms with E-state index in [1.807, 2.05) is 16.2 Å². The summed E-state index contributed by atoms with van der Waals surface area (Å²) in [6.07, 6.45) is -2.97. The van der Waals surface area contributed by atoms with Crippen molar-refractivity contribution in [2.75, 3.05) is 32.8 Å². The fraction of sp³-hybridized carbons (Fsp3) is 0.667. The predicted octanol–water partition coefficient (Wildman–Crippen LogP) is 2.90. The average molecular weight is 422 g/mol. The number of hydrogen-bond acceptors (Lipinski definition) is 5. The number of alkyl halides is 3. The second-order valence-corrected chi connectivity index (χ2v) is 8.47. The fourth-order valence-corrected chi connectivity index (χ4v) is 4.40. The molecule has 1 amide bonds. The first-order valence-corrected chi connectivity index (χ1v) is 9.80. The lowest BCUT2D eigenvalue weighted by molar-refractivity contribution is -0.192. The van der Waals surface area contributed by atoms with Gasteiger partial charge in [-0.25, -0.2) is 4.79 Å². The Morgan fingerprint density at radius 1 is 1.29 bits per heavy atom. The van der Waals surface area contributed by atoms with Crippen LogP contribution in [0.25, 0.3) is 0 Å². The van der Waals surface area contributed by atoms with Crippen LogP contribution in [-0.4, -0.2) is 71.3 Å². The molecule has 3 rings (SSSR count). The quantitative estimate of drug-likeness (QED) is 0.794. The predicted molar refractivity (Wildman–Crippen MR) is 98.2 cm³/mol. The third kappa shape index (κ3) is 6.46. The molecule has 6 nitrogen and oxygen atoms in total. The van der Waals surface area contributed by atoms with Gasteiger partial charge in [-0.3, -0.25) is 9.69 Å². The lowest BCUT2D eigenvalue weighted by atomic mass is 9.90. The van der Waals surface area contributed by atoms with E-state index >= 15 is 0 Å². The highest BCUT2D eigenvalue weighted by atomic mass is 32.1. The molecule has 10 heteroatoms. The zero-order chi connectivity index (χ0) is 20.9. The second kappa shape index (κ2) is 9.23. The Bertz CT molecular complexity index is 691. The summed E-state index contributed by atoms with van der Waals surface area (Å²) in [4.78, 5) is 27.8. The number of carboxylic acid groups (broad SMARTS) is 1. The van der Waals surface area contributed by atoms with Crippen LogP contribution in [0.5, 0.6) is 0 Å². The molecule has 0 radical (unpaired) electrons. The summed E-state index contributed by atoms with van der Waals surface area (Å²) in [7, 11) is 0. The van der Waals surface area contributed by atoms with E-state index in [9.17, 15) is 18.0 Å². The molecule has 0 saturated carbocycles. The topological polar surface area (TPSA) is 70.1 Å². The molecule has 2 saturated heterocycles. The van der Waals surface area contributed by atoms with Crippen LogP contribution < -0.4 is 0 Å². The number of hydrogen-bond donors (Lipinski definition) is 1. The standard InChI is InChI=1S/C16H24N2O2S.C2HF3O2/c1-13-4-5-15(21-13)10-17-8-9-20-16(11-17)6-3-7-18(12-16)14(2)19;3-2(4,5)1(6)7/h4-5H,3,6-12H2,1-2H3;(H,6,7). The number of amides is 1. The lowest BCUT2D eigenvalue weighted by Gasteiger charge is -2.47. The maximum Gasteiger partial charge on any atom is 0.490 e. The third-order valence-corrected chi connectivity index (χ3v) is 5.72. The number of aryl methyl sites for hydroxylation is 1. The molecule has 1 atom stereocenters. The average Bonchev–Trinajstić information content (AvgIpc) is 2.99. The minimum absolute atomic E-state index is 0.144. The van der Waals surface area contributed by atoms with Gasteiger partial charge in [0.25, 0.3) is 0 Å². The molecule has 158 valence electrons. The van der Waals surface area contributed by atoms with Crippen LogP contribution in [0.4, 0.5) is 13.2 Å². The molecule has 1 aromatic heterocycles. The number of thiophene rings is 1. The molecule has 2 aliphatic rings. The van der Waals surface area contributed by atoms with Crippen LogP contribution in [0.2, 0.25) is 0 Å². The number of ether oxygens (including phenoxy) is 1. The summed E-state index contributed by atoms with van der Waals surface area (Å²) in [5.74, 6) is -2.59. The van der Waals surface area contributed by atoms with Crippen LogP contribution in [-0.2, 0) is 20.9 Å². The highest BCUT2D eigenvalue weighted by Crippen LogP contribution is 2.30. The second-order valence-electron chi connectivity index (χ2n) is 7.10. The zero-order valence-corrected chi connectivity index (χ0v) is 16.7. The van der Waals surface area contributed by atoms with E-state index in [4.69, 9.17) is 14.6 Å². The largest absolute Gasteiger partial charge is 0.490 e. The lowest BCUT2D eigenvalue weighted by Crippen LogP contribution is -2.60. The highest BCUT2D eigenvalue weighted by molar-refractivity contribution is 7.11. The molecule has 0 aliphatic carbocycles. The Morgan fingerprint density at radius 2 is 1.96 bits per heavy atom. The monoisotopic (exact) mass is 422 g/mol. The molecule has 1 spiro atoms. The zero-order valence-electron chi connectivity index (χ0n) is 15.9. The number of aliphatic carboxylic acids is 1. The van der Waals surface area contributed by atoms with Crippen LogP contribution in [0.1, 0.15) is 29.5 Å². The summed E-state index contributed by atoms with van der Waals surface area (Å²) in [5.41, 5.74) is -0.144. The summed E-state index contributed by atoms with van der Waals surface area (Å²) in [5, 5.41) is 7.12. The third-order valence-electron chi connectivity index (χ3n) is 4.73. The van der Waals surface area contributed by atoms with E-state index in [0.717, 1.165) is 52.2 Å². The van der Waals surface area contributed by atoms with E-state index < -0.39 is 12.1 Å². The van der Waals surface area contributed by atoms with Crippen molar-refractivity contribution in [2.24, 2.45) is 0 Å². The van der Waals surface area contributed by atoms with Gasteiger partial charge in [-0.1, -0.05) is 0 Å². The van der Waals surface area contributed by atoms with Gasteiger partial charge in [0.1, 0.15) is 0 Å². The maximum atomic E-state index is 11.7. The molecule has 3 heterocycles. The van der Waals surface area contributed by atoms with Gasteiger partial charge in [-0.15, -0.1) is 11.3 Å². The molecule has 2 aliphatic heterocycles. The number of carbonyl (C=O) groups excluding carboxylic acids is 1. The van der Waals surface area contributed by atoms with E-state index in [-0.39, 0.29) is 11.5 Å². The number of piperidine rings is 1. The van der Waals surface area contributed by atoms with Crippen molar-refractivity contribution >= 4 is 23.2 Å². The molecular formula is C18H25F3N2O4S. The van der Waals surface area contributed by atoms with Crippen molar-refractivity contribution in [1.82, 2.24) is 9.80 Å². The number of halogens is 3. The first-order chi connectivity index (χ1) is 13.0. The van der Waals surface area contributed by atoms with Crippen molar-refractivity contribution < 1.29 is 32.6 Å². The normalized spacial score (nSPS) is 23.2.